The molecule has 3 nitrogen and oxygen atoms in total. The number of pyridine rings is 1. The molecule has 0 bridgehead atoms. The van der Waals surface area contributed by atoms with Crippen LogP contribution in [0.4, 0.5) is 8.78 Å². The highest BCUT2D eigenvalue weighted by atomic mass is 19.2. The maximum Gasteiger partial charge on any atom is 0.222 e. The lowest BCUT2D eigenvalue weighted by atomic mass is 10.1. The largest absolute Gasteiger partial charge is 0.341 e. The Labute approximate surface area is 144 Å². The van der Waals surface area contributed by atoms with Crippen molar-refractivity contribution in [1.29, 1.82) is 0 Å². The Morgan fingerprint density at radius 3 is 2.72 bits per heavy atom. The Balaban J connectivity index is 1.65. The van der Waals surface area contributed by atoms with E-state index in [9.17, 15) is 13.6 Å². The number of amides is 1. The molecule has 0 aliphatic heterocycles. The minimum absolute atomic E-state index is 0.0503. The van der Waals surface area contributed by atoms with Gasteiger partial charge < -0.3 is 4.90 Å². The van der Waals surface area contributed by atoms with Crippen LogP contribution in [0.2, 0.25) is 0 Å². The van der Waals surface area contributed by atoms with E-state index in [2.05, 4.69) is 4.98 Å². The van der Waals surface area contributed by atoms with Gasteiger partial charge in [0.25, 0.3) is 0 Å². The molecule has 0 saturated carbocycles. The monoisotopic (exact) mass is 340 g/mol. The molecule has 0 unspecified atom stereocenters. The van der Waals surface area contributed by atoms with Gasteiger partial charge in [0.15, 0.2) is 11.6 Å². The molecule has 3 rings (SSSR count). The third kappa shape index (κ3) is 3.99. The predicted octanol–water partition coefficient (Wildman–Crippen LogP) is 4.10. The van der Waals surface area contributed by atoms with E-state index in [1.165, 1.54) is 6.07 Å². The summed E-state index contributed by atoms with van der Waals surface area (Å²) in [6.07, 6.45) is 2.35. The highest BCUT2D eigenvalue weighted by molar-refractivity contribution is 5.83. The van der Waals surface area contributed by atoms with E-state index in [4.69, 9.17) is 0 Å². The van der Waals surface area contributed by atoms with Crippen LogP contribution in [0, 0.1) is 11.6 Å². The Bertz CT molecular complexity index is 906. The van der Waals surface area contributed by atoms with Crippen LogP contribution in [0.15, 0.2) is 54.7 Å². The van der Waals surface area contributed by atoms with Crippen LogP contribution in [0.1, 0.15) is 17.5 Å². The molecule has 0 fully saturated rings. The quantitative estimate of drug-likeness (QED) is 0.700. The van der Waals surface area contributed by atoms with Crippen LogP contribution in [0.5, 0.6) is 0 Å². The van der Waals surface area contributed by atoms with Crippen LogP contribution in [0.3, 0.4) is 0 Å². The SMILES string of the molecule is CN(Cc1cccc2ncccc12)C(=O)CCc1ccc(F)c(F)c1. The molecule has 0 aliphatic carbocycles. The molecule has 0 atom stereocenters. The van der Waals surface area contributed by atoms with Gasteiger partial charge in [-0.15, -0.1) is 0 Å². The van der Waals surface area contributed by atoms with E-state index in [0.29, 0.717) is 18.5 Å². The summed E-state index contributed by atoms with van der Waals surface area (Å²) in [7, 11) is 1.74. The lowest BCUT2D eigenvalue weighted by Crippen LogP contribution is -2.26. The summed E-state index contributed by atoms with van der Waals surface area (Å²) in [5.41, 5.74) is 2.52. The fourth-order valence-electron chi connectivity index (χ4n) is 2.79. The molecule has 0 N–H and O–H groups in total. The molecule has 1 heterocycles. The zero-order valence-corrected chi connectivity index (χ0v) is 13.9. The fraction of sp³-hybridized carbons (Fsp3) is 0.200. The Morgan fingerprint density at radius 1 is 1.08 bits per heavy atom. The van der Waals surface area contributed by atoms with E-state index in [0.717, 1.165) is 28.6 Å². The average Bonchev–Trinajstić information content (AvgIpc) is 2.62. The van der Waals surface area contributed by atoms with Crippen molar-refractivity contribution in [2.75, 3.05) is 7.05 Å². The number of carbonyl (C=O) groups excluding carboxylic acids is 1. The van der Waals surface area contributed by atoms with Gasteiger partial charge in [-0.1, -0.05) is 24.3 Å². The van der Waals surface area contributed by atoms with Gasteiger partial charge in [-0.2, -0.15) is 0 Å². The number of fused-ring (bicyclic) bond motifs is 1. The number of aromatic nitrogens is 1. The molecule has 25 heavy (non-hydrogen) atoms. The van der Waals surface area contributed by atoms with E-state index in [1.54, 1.807) is 18.1 Å². The third-order valence-electron chi connectivity index (χ3n) is 4.18. The van der Waals surface area contributed by atoms with Crippen LogP contribution in [0.25, 0.3) is 10.9 Å². The second-order valence-electron chi connectivity index (χ2n) is 5.99. The summed E-state index contributed by atoms with van der Waals surface area (Å²) in [6.45, 7) is 0.472. The first kappa shape index (κ1) is 17.0. The van der Waals surface area contributed by atoms with Crippen molar-refractivity contribution in [2.24, 2.45) is 0 Å². The number of aryl methyl sites for hydroxylation is 1. The van der Waals surface area contributed by atoms with Crippen molar-refractivity contribution in [3.05, 3.63) is 77.5 Å². The van der Waals surface area contributed by atoms with Gasteiger partial charge in [0, 0.05) is 31.6 Å². The number of benzene rings is 2. The van der Waals surface area contributed by atoms with Crippen molar-refractivity contribution in [3.8, 4) is 0 Å². The van der Waals surface area contributed by atoms with Gasteiger partial charge in [0.05, 0.1) is 5.52 Å². The number of carbonyl (C=O) groups is 1. The average molecular weight is 340 g/mol. The molecule has 0 aliphatic rings. The molecule has 1 aromatic heterocycles. The molecule has 1 amide bonds. The van der Waals surface area contributed by atoms with Crippen molar-refractivity contribution >= 4 is 16.8 Å². The summed E-state index contributed by atoms with van der Waals surface area (Å²) in [4.78, 5) is 18.3. The van der Waals surface area contributed by atoms with Crippen LogP contribution in [-0.4, -0.2) is 22.8 Å². The topological polar surface area (TPSA) is 33.2 Å². The van der Waals surface area contributed by atoms with E-state index in [1.807, 2.05) is 30.3 Å². The Morgan fingerprint density at radius 2 is 1.92 bits per heavy atom. The van der Waals surface area contributed by atoms with Gasteiger partial charge in [-0.25, -0.2) is 8.78 Å². The van der Waals surface area contributed by atoms with Crippen LogP contribution < -0.4 is 0 Å². The molecule has 0 spiro atoms. The Hall–Kier alpha value is -2.82. The predicted molar refractivity (Wildman–Crippen MR) is 92.9 cm³/mol. The van der Waals surface area contributed by atoms with Gasteiger partial charge in [-0.3, -0.25) is 9.78 Å². The first-order valence-corrected chi connectivity index (χ1v) is 8.05. The van der Waals surface area contributed by atoms with Gasteiger partial charge in [-0.05, 0) is 41.8 Å². The lowest BCUT2D eigenvalue weighted by Gasteiger charge is -2.18. The van der Waals surface area contributed by atoms with Crippen molar-refractivity contribution in [1.82, 2.24) is 9.88 Å². The van der Waals surface area contributed by atoms with E-state index >= 15 is 0 Å². The highest BCUT2D eigenvalue weighted by Crippen LogP contribution is 2.18. The molecule has 128 valence electrons. The zero-order chi connectivity index (χ0) is 17.8. The van der Waals surface area contributed by atoms with Crippen molar-refractivity contribution in [2.45, 2.75) is 19.4 Å². The molecular weight excluding hydrogens is 322 g/mol. The zero-order valence-electron chi connectivity index (χ0n) is 13.9. The smallest absolute Gasteiger partial charge is 0.222 e. The summed E-state index contributed by atoms with van der Waals surface area (Å²) >= 11 is 0. The molecule has 0 radical (unpaired) electrons. The maximum atomic E-state index is 13.2. The second-order valence-corrected chi connectivity index (χ2v) is 5.99. The van der Waals surface area contributed by atoms with Crippen LogP contribution >= 0.6 is 0 Å². The molecule has 5 heteroatoms. The van der Waals surface area contributed by atoms with Gasteiger partial charge >= 0.3 is 0 Å². The fourth-order valence-corrected chi connectivity index (χ4v) is 2.79. The summed E-state index contributed by atoms with van der Waals surface area (Å²) < 4.78 is 26.2. The van der Waals surface area contributed by atoms with E-state index in [-0.39, 0.29) is 12.3 Å². The number of hydrogen-bond acceptors (Lipinski definition) is 2. The first-order valence-electron chi connectivity index (χ1n) is 8.05. The van der Waals surface area contributed by atoms with Gasteiger partial charge in [0.2, 0.25) is 5.91 Å². The number of rotatable bonds is 5. The van der Waals surface area contributed by atoms with Gasteiger partial charge in [0.1, 0.15) is 0 Å². The second kappa shape index (κ2) is 7.38. The number of hydrogen-bond donors (Lipinski definition) is 0. The lowest BCUT2D eigenvalue weighted by molar-refractivity contribution is -0.130. The van der Waals surface area contributed by atoms with E-state index < -0.39 is 11.6 Å². The molecule has 0 saturated heterocycles. The summed E-state index contributed by atoms with van der Waals surface area (Å²) in [5.74, 6) is -1.82. The standard InChI is InChI=1S/C20H18F2N2O/c1-24(13-15-4-2-6-19-16(15)5-3-11-23-19)20(25)10-8-14-7-9-17(21)18(22)12-14/h2-7,9,11-12H,8,10,13H2,1H3. The first-order chi connectivity index (χ1) is 12.0. The van der Waals surface area contributed by atoms with Crippen LogP contribution in [-0.2, 0) is 17.8 Å². The molecule has 2 aromatic carbocycles. The Kier molecular flexibility index (Phi) is 5.03. The highest BCUT2D eigenvalue weighted by Gasteiger charge is 2.12. The normalized spacial score (nSPS) is 10.8. The summed E-state index contributed by atoms with van der Waals surface area (Å²) in [5, 5.41) is 1.02. The molecular formula is C20H18F2N2O. The third-order valence-corrected chi connectivity index (χ3v) is 4.18. The van der Waals surface area contributed by atoms with Crippen molar-refractivity contribution < 1.29 is 13.6 Å². The maximum absolute atomic E-state index is 13.2. The number of halogens is 2. The minimum Gasteiger partial charge on any atom is -0.341 e. The van der Waals surface area contributed by atoms with Crippen molar-refractivity contribution in [3.63, 3.8) is 0 Å². The molecule has 3 aromatic rings. The summed E-state index contributed by atoms with van der Waals surface area (Å²) in [6, 6.07) is 13.4. The minimum atomic E-state index is -0.887. The number of nitrogens with zero attached hydrogens (tertiary/aromatic N) is 2.